The van der Waals surface area contributed by atoms with Crippen molar-refractivity contribution in [2.45, 2.75) is 19.1 Å². The Bertz CT molecular complexity index is 853. The Kier molecular flexibility index (Phi) is 3.60. The number of aromatic nitrogens is 1. The van der Waals surface area contributed by atoms with Crippen LogP contribution in [0.4, 0.5) is 10.5 Å². The Labute approximate surface area is 143 Å². The number of hydrogen-bond donors (Lipinski definition) is 2. The predicted molar refractivity (Wildman–Crippen MR) is 90.8 cm³/mol. The van der Waals surface area contributed by atoms with Crippen LogP contribution in [0.1, 0.15) is 17.3 Å². The fourth-order valence-corrected chi connectivity index (χ4v) is 3.45. The second-order valence-corrected chi connectivity index (χ2v) is 6.12. The zero-order valence-electron chi connectivity index (χ0n) is 13.7. The lowest BCUT2D eigenvalue weighted by molar-refractivity contribution is 0.0996. The summed E-state index contributed by atoms with van der Waals surface area (Å²) in [6.45, 7) is 3.51. The maximum atomic E-state index is 11.7. The molecule has 0 spiro atoms. The number of ether oxygens (including phenoxy) is 2. The molecule has 2 fully saturated rings. The molecule has 1 aromatic carbocycles. The van der Waals surface area contributed by atoms with Gasteiger partial charge in [0.05, 0.1) is 36.6 Å². The first-order valence-electron chi connectivity index (χ1n) is 8.13. The van der Waals surface area contributed by atoms with Crippen molar-refractivity contribution in [1.82, 2.24) is 10.3 Å². The van der Waals surface area contributed by atoms with Crippen LogP contribution < -0.4 is 20.7 Å². The van der Waals surface area contributed by atoms with Crippen LogP contribution in [0, 0.1) is 0 Å². The smallest absolute Gasteiger partial charge is 0.407 e. The fourth-order valence-electron chi connectivity index (χ4n) is 3.45. The van der Waals surface area contributed by atoms with Gasteiger partial charge in [0.25, 0.3) is 5.91 Å². The summed E-state index contributed by atoms with van der Waals surface area (Å²) in [5.74, 6) is -0.0820. The van der Waals surface area contributed by atoms with Gasteiger partial charge in [-0.1, -0.05) is 0 Å². The summed E-state index contributed by atoms with van der Waals surface area (Å²) < 4.78 is 10.9. The summed E-state index contributed by atoms with van der Waals surface area (Å²) >= 11 is 0. The van der Waals surface area contributed by atoms with Crippen molar-refractivity contribution in [3.05, 3.63) is 30.1 Å². The highest BCUT2D eigenvalue weighted by Crippen LogP contribution is 2.34. The number of pyridine rings is 1. The lowest BCUT2D eigenvalue weighted by Crippen LogP contribution is -2.32. The minimum atomic E-state index is -0.539. The molecule has 130 valence electrons. The first kappa shape index (κ1) is 15.5. The number of fused-ring (bicyclic) bond motifs is 2. The van der Waals surface area contributed by atoms with Gasteiger partial charge in [-0.2, -0.15) is 0 Å². The second kappa shape index (κ2) is 5.80. The van der Waals surface area contributed by atoms with E-state index >= 15 is 0 Å². The number of anilines is 1. The Balaban J connectivity index is 1.76. The third kappa shape index (κ3) is 2.59. The van der Waals surface area contributed by atoms with Crippen LogP contribution in [0.25, 0.3) is 10.8 Å². The number of nitrogens with two attached hydrogens (primary N) is 1. The molecule has 2 atom stereocenters. The number of alkyl carbamates (subject to hydrolysis) is 1. The van der Waals surface area contributed by atoms with E-state index in [1.54, 1.807) is 18.5 Å². The Morgan fingerprint density at radius 3 is 3.00 bits per heavy atom. The summed E-state index contributed by atoms with van der Waals surface area (Å²) in [5, 5.41) is 4.52. The Hall–Kier alpha value is -3.03. The molecule has 0 unspecified atom stereocenters. The number of hydrogen-bond acceptors (Lipinski definition) is 6. The summed E-state index contributed by atoms with van der Waals surface area (Å²) in [6.07, 6.45) is 2.93. The number of carbonyl (C=O) groups excluding carboxylic acids is 2. The van der Waals surface area contributed by atoms with Gasteiger partial charge in [0, 0.05) is 23.5 Å². The minimum absolute atomic E-state index is 0.0287. The monoisotopic (exact) mass is 342 g/mol. The van der Waals surface area contributed by atoms with Gasteiger partial charge in [-0.15, -0.1) is 0 Å². The molecule has 2 aliphatic heterocycles. The van der Waals surface area contributed by atoms with Crippen LogP contribution >= 0.6 is 0 Å². The third-order valence-corrected chi connectivity index (χ3v) is 4.57. The van der Waals surface area contributed by atoms with E-state index < -0.39 is 5.91 Å². The van der Waals surface area contributed by atoms with E-state index in [2.05, 4.69) is 15.2 Å². The number of benzene rings is 1. The van der Waals surface area contributed by atoms with Crippen molar-refractivity contribution in [1.29, 1.82) is 0 Å². The molecule has 1 aromatic heterocycles. The highest BCUT2D eigenvalue weighted by molar-refractivity contribution is 6.03. The van der Waals surface area contributed by atoms with Gasteiger partial charge < -0.3 is 25.4 Å². The van der Waals surface area contributed by atoms with Crippen molar-refractivity contribution in [3.63, 3.8) is 0 Å². The van der Waals surface area contributed by atoms with Gasteiger partial charge in [-0.3, -0.25) is 9.78 Å². The van der Waals surface area contributed by atoms with Crippen LogP contribution in [0.2, 0.25) is 0 Å². The minimum Gasteiger partial charge on any atom is -0.493 e. The summed E-state index contributed by atoms with van der Waals surface area (Å²) in [5.41, 5.74) is 6.70. The normalized spacial score (nSPS) is 21.8. The number of primary amides is 1. The third-order valence-electron chi connectivity index (χ3n) is 4.57. The van der Waals surface area contributed by atoms with Crippen molar-refractivity contribution < 1.29 is 19.1 Å². The van der Waals surface area contributed by atoms with E-state index in [0.717, 1.165) is 16.5 Å². The molecule has 2 amide bonds. The molecule has 2 saturated heterocycles. The van der Waals surface area contributed by atoms with Crippen LogP contribution in [-0.2, 0) is 4.74 Å². The number of carbonyl (C=O) groups is 2. The van der Waals surface area contributed by atoms with Crippen LogP contribution in [0.5, 0.6) is 5.75 Å². The van der Waals surface area contributed by atoms with Gasteiger partial charge in [0.1, 0.15) is 11.9 Å². The van der Waals surface area contributed by atoms with E-state index in [1.807, 2.05) is 13.0 Å². The van der Waals surface area contributed by atoms with Gasteiger partial charge in [0.15, 0.2) is 0 Å². The van der Waals surface area contributed by atoms with E-state index in [9.17, 15) is 9.59 Å². The average Bonchev–Trinajstić information content (AvgIpc) is 3.11. The lowest BCUT2D eigenvalue weighted by Gasteiger charge is -2.21. The molecule has 0 aliphatic carbocycles. The highest BCUT2D eigenvalue weighted by Gasteiger charge is 2.42. The molecule has 8 heteroatoms. The van der Waals surface area contributed by atoms with Crippen molar-refractivity contribution >= 4 is 28.5 Å². The molecule has 0 bridgehead atoms. The summed E-state index contributed by atoms with van der Waals surface area (Å²) in [6, 6.07) is 3.50. The number of rotatable bonds is 4. The molecular formula is C17H18N4O4. The van der Waals surface area contributed by atoms with Crippen LogP contribution in [0.3, 0.4) is 0 Å². The van der Waals surface area contributed by atoms with Crippen molar-refractivity contribution in [3.8, 4) is 5.75 Å². The zero-order chi connectivity index (χ0) is 17.6. The van der Waals surface area contributed by atoms with Gasteiger partial charge in [-0.25, -0.2) is 4.79 Å². The van der Waals surface area contributed by atoms with Crippen LogP contribution in [0.15, 0.2) is 24.5 Å². The van der Waals surface area contributed by atoms with Crippen molar-refractivity contribution in [2.24, 2.45) is 5.73 Å². The maximum Gasteiger partial charge on any atom is 0.407 e. The van der Waals surface area contributed by atoms with E-state index in [-0.39, 0.29) is 18.2 Å². The number of nitrogens with zero attached hydrogens (tertiary/aromatic N) is 2. The first-order valence-corrected chi connectivity index (χ1v) is 8.13. The number of amides is 2. The van der Waals surface area contributed by atoms with Crippen LogP contribution in [-0.4, -0.2) is 48.8 Å². The van der Waals surface area contributed by atoms with E-state index in [1.165, 1.54) is 0 Å². The number of nitrogens with one attached hydrogen (secondary N) is 1. The van der Waals surface area contributed by atoms with E-state index in [0.29, 0.717) is 31.0 Å². The zero-order valence-corrected chi connectivity index (χ0v) is 13.7. The van der Waals surface area contributed by atoms with Gasteiger partial charge in [-0.05, 0) is 19.1 Å². The molecule has 0 radical (unpaired) electrons. The highest BCUT2D eigenvalue weighted by atomic mass is 16.6. The molecular weight excluding hydrogens is 324 g/mol. The molecule has 3 N–H and O–H groups in total. The molecule has 2 aliphatic rings. The SMILES string of the molecule is CCOc1cc2c(N3C[C@@H]4OC(=O)N[C@@H]4C3)cncc2cc1C(N)=O. The summed E-state index contributed by atoms with van der Waals surface area (Å²) in [7, 11) is 0. The van der Waals surface area contributed by atoms with Crippen molar-refractivity contribution in [2.75, 3.05) is 24.6 Å². The Morgan fingerprint density at radius 2 is 2.28 bits per heavy atom. The summed E-state index contributed by atoms with van der Waals surface area (Å²) in [4.78, 5) is 29.4. The molecule has 2 aromatic rings. The fraction of sp³-hybridized carbons (Fsp3) is 0.353. The molecule has 8 nitrogen and oxygen atoms in total. The second-order valence-electron chi connectivity index (χ2n) is 6.12. The first-order chi connectivity index (χ1) is 12.1. The van der Waals surface area contributed by atoms with Gasteiger partial charge >= 0.3 is 6.09 Å². The quantitative estimate of drug-likeness (QED) is 0.859. The predicted octanol–water partition coefficient (Wildman–Crippen LogP) is 1.03. The standard InChI is InChI=1S/C17H18N4O4/c1-2-24-14-4-10-9(3-11(14)16(18)22)5-19-6-13(10)21-7-12-15(8-21)25-17(23)20-12/h3-6,12,15H,2,7-8H2,1H3,(H2,18,22)(H,20,23)/t12-,15+/m1/s1. The topological polar surface area (TPSA) is 107 Å². The molecule has 25 heavy (non-hydrogen) atoms. The van der Waals surface area contributed by atoms with Gasteiger partial charge in [0.2, 0.25) is 0 Å². The average molecular weight is 342 g/mol. The lowest BCUT2D eigenvalue weighted by atomic mass is 10.1. The molecule has 3 heterocycles. The largest absolute Gasteiger partial charge is 0.493 e. The van der Waals surface area contributed by atoms with E-state index in [4.69, 9.17) is 15.2 Å². The molecule has 0 saturated carbocycles. The molecule has 4 rings (SSSR count). The maximum absolute atomic E-state index is 11.7. The Morgan fingerprint density at radius 1 is 1.44 bits per heavy atom.